The van der Waals surface area contributed by atoms with Gasteiger partial charge in [0.05, 0.1) is 12.7 Å². The Labute approximate surface area is 71.8 Å². The third-order valence-electron chi connectivity index (χ3n) is 2.58. The number of rotatable bonds is 1. The zero-order valence-corrected chi connectivity index (χ0v) is 7.40. The molecule has 4 atom stereocenters. The molecule has 0 saturated carbocycles. The highest BCUT2D eigenvalue weighted by Gasteiger charge is 2.45. The number of ether oxygens (including phenoxy) is 1. The van der Waals surface area contributed by atoms with Crippen LogP contribution >= 0.6 is 0 Å². The monoisotopic (exact) mass is 176 g/mol. The molecule has 0 radical (unpaired) electrons. The molecule has 1 saturated heterocycles. The lowest BCUT2D eigenvalue weighted by Gasteiger charge is -2.42. The van der Waals surface area contributed by atoms with E-state index in [9.17, 15) is 15.3 Å². The maximum absolute atomic E-state index is 9.65. The van der Waals surface area contributed by atoms with Gasteiger partial charge in [-0.1, -0.05) is 13.8 Å². The van der Waals surface area contributed by atoms with Gasteiger partial charge in [-0.25, -0.2) is 0 Å². The van der Waals surface area contributed by atoms with Crippen molar-refractivity contribution < 1.29 is 20.1 Å². The fourth-order valence-electron chi connectivity index (χ4n) is 1.40. The van der Waals surface area contributed by atoms with Crippen molar-refractivity contribution in [3.8, 4) is 0 Å². The first kappa shape index (κ1) is 9.92. The van der Waals surface area contributed by atoms with Crippen LogP contribution in [0.4, 0.5) is 0 Å². The maximum atomic E-state index is 9.65. The zero-order valence-electron chi connectivity index (χ0n) is 7.40. The highest BCUT2D eigenvalue weighted by Crippen LogP contribution is 2.29. The molecule has 0 amide bonds. The van der Waals surface area contributed by atoms with Gasteiger partial charge in [0.1, 0.15) is 6.10 Å². The van der Waals surface area contributed by atoms with E-state index in [2.05, 4.69) is 0 Å². The Hall–Kier alpha value is -0.160. The molecule has 4 heteroatoms. The van der Waals surface area contributed by atoms with E-state index in [-0.39, 0.29) is 12.5 Å². The summed E-state index contributed by atoms with van der Waals surface area (Å²) in [5, 5.41) is 28.5. The van der Waals surface area contributed by atoms with Crippen LogP contribution < -0.4 is 0 Å². The molecule has 0 bridgehead atoms. The van der Waals surface area contributed by atoms with Gasteiger partial charge in [-0.3, -0.25) is 0 Å². The Morgan fingerprint density at radius 3 is 2.58 bits per heavy atom. The zero-order chi connectivity index (χ0) is 9.35. The second-order valence-electron chi connectivity index (χ2n) is 3.38. The highest BCUT2D eigenvalue weighted by atomic mass is 16.6. The Kier molecular flexibility index (Phi) is 2.73. The quantitative estimate of drug-likeness (QED) is 0.502. The predicted octanol–water partition coefficient (Wildman–Crippen LogP) is -0.527. The number of hydrogen-bond acceptors (Lipinski definition) is 4. The van der Waals surface area contributed by atoms with Crippen LogP contribution in [0.15, 0.2) is 0 Å². The molecule has 0 aromatic heterocycles. The Balaban J connectivity index is 2.71. The van der Waals surface area contributed by atoms with Gasteiger partial charge in [0.15, 0.2) is 5.79 Å². The van der Waals surface area contributed by atoms with Gasteiger partial charge in [0.2, 0.25) is 0 Å². The Morgan fingerprint density at radius 1 is 1.50 bits per heavy atom. The summed E-state index contributed by atoms with van der Waals surface area (Å²) in [6.07, 6.45) is -1.37. The van der Waals surface area contributed by atoms with E-state index in [1.165, 1.54) is 0 Å². The molecule has 1 rings (SSSR count). The molecule has 72 valence electrons. The second-order valence-corrected chi connectivity index (χ2v) is 3.38. The van der Waals surface area contributed by atoms with Crippen molar-refractivity contribution in [3.05, 3.63) is 0 Å². The van der Waals surface area contributed by atoms with Gasteiger partial charge in [-0.2, -0.15) is 0 Å². The standard InChI is InChI=1S/C8H16O4/c1-3-8(11)7(10)5(2)6(9)4-12-8/h5-7,9-11H,3-4H2,1-2H3/t5?,6-,7-,8+/m1/s1. The van der Waals surface area contributed by atoms with Crippen LogP contribution in [0.1, 0.15) is 20.3 Å². The SMILES string of the molecule is CC[C@]1(O)OC[C@@H](O)C(C)[C@H]1O. The van der Waals surface area contributed by atoms with Crippen LogP contribution in [-0.2, 0) is 4.74 Å². The second kappa shape index (κ2) is 3.30. The number of hydrogen-bond donors (Lipinski definition) is 3. The molecule has 1 fully saturated rings. The molecule has 1 heterocycles. The number of aliphatic hydroxyl groups excluding tert-OH is 2. The van der Waals surface area contributed by atoms with E-state index in [0.717, 1.165) is 0 Å². The van der Waals surface area contributed by atoms with Crippen LogP contribution in [0.3, 0.4) is 0 Å². The average molecular weight is 176 g/mol. The van der Waals surface area contributed by atoms with Gasteiger partial charge in [-0.05, 0) is 0 Å². The van der Waals surface area contributed by atoms with Crippen molar-refractivity contribution >= 4 is 0 Å². The highest BCUT2D eigenvalue weighted by molar-refractivity contribution is 4.88. The molecule has 0 spiro atoms. The Morgan fingerprint density at radius 2 is 2.08 bits per heavy atom. The summed E-state index contributed by atoms with van der Waals surface area (Å²) in [6.45, 7) is 3.51. The lowest BCUT2D eigenvalue weighted by Crippen LogP contribution is -2.56. The minimum atomic E-state index is -1.47. The van der Waals surface area contributed by atoms with Crippen molar-refractivity contribution in [2.45, 2.75) is 38.3 Å². The van der Waals surface area contributed by atoms with Crippen molar-refractivity contribution in [1.29, 1.82) is 0 Å². The van der Waals surface area contributed by atoms with Crippen LogP contribution in [0.5, 0.6) is 0 Å². The summed E-state index contributed by atoms with van der Waals surface area (Å²) in [7, 11) is 0. The van der Waals surface area contributed by atoms with E-state index in [0.29, 0.717) is 6.42 Å². The van der Waals surface area contributed by atoms with Crippen LogP contribution in [0.2, 0.25) is 0 Å². The van der Waals surface area contributed by atoms with E-state index in [1.54, 1.807) is 13.8 Å². The van der Waals surface area contributed by atoms with Gasteiger partial charge in [-0.15, -0.1) is 0 Å². The molecule has 1 unspecified atom stereocenters. The van der Waals surface area contributed by atoms with E-state index < -0.39 is 18.0 Å². The van der Waals surface area contributed by atoms with E-state index >= 15 is 0 Å². The molecule has 4 nitrogen and oxygen atoms in total. The van der Waals surface area contributed by atoms with Crippen LogP contribution in [-0.4, -0.2) is 39.9 Å². The predicted molar refractivity (Wildman–Crippen MR) is 42.4 cm³/mol. The molecule has 0 aliphatic carbocycles. The number of aliphatic hydroxyl groups is 3. The normalized spacial score (nSPS) is 49.2. The molecule has 12 heavy (non-hydrogen) atoms. The minimum Gasteiger partial charge on any atom is -0.390 e. The molecule has 1 aliphatic heterocycles. The smallest absolute Gasteiger partial charge is 0.192 e. The first-order valence-corrected chi connectivity index (χ1v) is 4.23. The largest absolute Gasteiger partial charge is 0.390 e. The third kappa shape index (κ3) is 1.47. The first-order valence-electron chi connectivity index (χ1n) is 4.23. The fraction of sp³-hybridized carbons (Fsp3) is 1.00. The molecule has 0 aromatic carbocycles. The summed E-state index contributed by atoms with van der Waals surface area (Å²) >= 11 is 0. The average Bonchev–Trinajstić information content (AvgIpc) is 2.09. The summed E-state index contributed by atoms with van der Waals surface area (Å²) in [5.41, 5.74) is 0. The summed E-state index contributed by atoms with van der Waals surface area (Å²) in [6, 6.07) is 0. The minimum absolute atomic E-state index is 0.0859. The summed E-state index contributed by atoms with van der Waals surface area (Å²) in [5.74, 6) is -1.82. The molecular formula is C8H16O4. The van der Waals surface area contributed by atoms with Crippen LogP contribution in [0, 0.1) is 5.92 Å². The molecule has 1 aliphatic rings. The first-order chi connectivity index (χ1) is 5.51. The van der Waals surface area contributed by atoms with Crippen molar-refractivity contribution in [2.24, 2.45) is 5.92 Å². The lowest BCUT2D eigenvalue weighted by atomic mass is 9.88. The fourth-order valence-corrected chi connectivity index (χ4v) is 1.40. The van der Waals surface area contributed by atoms with E-state index in [4.69, 9.17) is 4.74 Å². The summed E-state index contributed by atoms with van der Waals surface area (Å²) in [4.78, 5) is 0. The van der Waals surface area contributed by atoms with Gasteiger partial charge >= 0.3 is 0 Å². The summed E-state index contributed by atoms with van der Waals surface area (Å²) < 4.78 is 4.97. The third-order valence-corrected chi connectivity index (χ3v) is 2.58. The molecule has 0 aromatic rings. The van der Waals surface area contributed by atoms with Crippen molar-refractivity contribution in [2.75, 3.05) is 6.61 Å². The molecule has 3 N–H and O–H groups in total. The lowest BCUT2D eigenvalue weighted by molar-refractivity contribution is -0.310. The van der Waals surface area contributed by atoms with Gasteiger partial charge in [0, 0.05) is 12.3 Å². The Bertz CT molecular complexity index is 161. The maximum Gasteiger partial charge on any atom is 0.192 e. The van der Waals surface area contributed by atoms with Crippen molar-refractivity contribution in [3.63, 3.8) is 0 Å². The van der Waals surface area contributed by atoms with E-state index in [1.807, 2.05) is 0 Å². The van der Waals surface area contributed by atoms with Gasteiger partial charge in [0.25, 0.3) is 0 Å². The van der Waals surface area contributed by atoms with Crippen LogP contribution in [0.25, 0.3) is 0 Å². The molecular weight excluding hydrogens is 160 g/mol. The van der Waals surface area contributed by atoms with Gasteiger partial charge < -0.3 is 20.1 Å². The van der Waals surface area contributed by atoms with Crippen molar-refractivity contribution in [1.82, 2.24) is 0 Å². The topological polar surface area (TPSA) is 69.9 Å².